The maximum absolute atomic E-state index is 13.4. The molecule has 20 heavy (non-hydrogen) atoms. The number of ether oxygens (including phenoxy) is 1. The number of halogens is 3. The van der Waals surface area contributed by atoms with E-state index < -0.39 is 44.1 Å². The van der Waals surface area contributed by atoms with E-state index in [4.69, 9.17) is 0 Å². The largest absolute Gasteiger partial charge is 0.443 e. The molecule has 1 rings (SSSR count). The van der Waals surface area contributed by atoms with Crippen molar-refractivity contribution >= 4 is 16.1 Å². The van der Waals surface area contributed by atoms with Crippen molar-refractivity contribution in [3.8, 4) is 0 Å². The molecule has 1 N–H and O–H groups in total. The van der Waals surface area contributed by atoms with Crippen LogP contribution in [0.1, 0.15) is 20.8 Å². The summed E-state index contributed by atoms with van der Waals surface area (Å²) in [5.41, 5.74) is -0.980. The van der Waals surface area contributed by atoms with Gasteiger partial charge in [0.15, 0.2) is 17.5 Å². The first kappa shape index (κ1) is 16.3. The Kier molecular flexibility index (Phi) is 4.33. The van der Waals surface area contributed by atoms with Gasteiger partial charge >= 0.3 is 6.09 Å². The molecule has 112 valence electrons. The highest BCUT2D eigenvalue weighted by Crippen LogP contribution is 2.19. The van der Waals surface area contributed by atoms with Gasteiger partial charge in [-0.15, -0.1) is 0 Å². The van der Waals surface area contributed by atoms with Crippen LogP contribution in [0.2, 0.25) is 0 Å². The van der Waals surface area contributed by atoms with E-state index in [0.29, 0.717) is 12.1 Å². The molecule has 0 aromatic heterocycles. The molecule has 5 nitrogen and oxygen atoms in total. The number of carbonyl (C=O) groups excluding carboxylic acids is 1. The molecule has 1 aromatic carbocycles. The van der Waals surface area contributed by atoms with Gasteiger partial charge < -0.3 is 4.74 Å². The lowest BCUT2D eigenvalue weighted by atomic mass is 10.2. The summed E-state index contributed by atoms with van der Waals surface area (Å²) >= 11 is 0. The molecule has 0 unspecified atom stereocenters. The second-order valence-electron chi connectivity index (χ2n) is 4.78. The van der Waals surface area contributed by atoms with Crippen molar-refractivity contribution in [3.05, 3.63) is 29.6 Å². The van der Waals surface area contributed by atoms with E-state index in [2.05, 4.69) is 4.74 Å². The molecule has 9 heteroatoms. The lowest BCUT2D eigenvalue weighted by Gasteiger charge is -2.19. The topological polar surface area (TPSA) is 72.5 Å². The van der Waals surface area contributed by atoms with E-state index in [1.807, 2.05) is 0 Å². The predicted octanol–water partition coefficient (Wildman–Crippen LogP) is 2.32. The van der Waals surface area contributed by atoms with E-state index in [1.54, 1.807) is 0 Å². The molecule has 0 bridgehead atoms. The third-order valence-electron chi connectivity index (χ3n) is 1.91. The quantitative estimate of drug-likeness (QED) is 0.851. The lowest BCUT2D eigenvalue weighted by molar-refractivity contribution is 0.0570. The maximum Gasteiger partial charge on any atom is 0.421 e. The number of nitrogens with one attached hydrogen (secondary N) is 1. The molecule has 1 amide bonds. The molecule has 0 radical (unpaired) electrons. The van der Waals surface area contributed by atoms with E-state index in [-0.39, 0.29) is 0 Å². The Balaban J connectivity index is 3.07. The third kappa shape index (κ3) is 3.86. The summed E-state index contributed by atoms with van der Waals surface area (Å²) < 4.78 is 68.5. The van der Waals surface area contributed by atoms with Gasteiger partial charge in [0.2, 0.25) is 0 Å². The zero-order valence-electron chi connectivity index (χ0n) is 10.8. The molecule has 1 aromatic rings. The molecule has 0 spiro atoms. The summed E-state index contributed by atoms with van der Waals surface area (Å²) in [6.45, 7) is 4.45. The van der Waals surface area contributed by atoms with Gasteiger partial charge in [0.25, 0.3) is 10.0 Å². The van der Waals surface area contributed by atoms with Gasteiger partial charge in [-0.05, 0) is 32.9 Å². The number of carbonyl (C=O) groups is 1. The van der Waals surface area contributed by atoms with Crippen LogP contribution in [0, 0.1) is 17.5 Å². The van der Waals surface area contributed by atoms with Gasteiger partial charge in [0.1, 0.15) is 10.5 Å². The Morgan fingerprint density at radius 3 is 2.20 bits per heavy atom. The van der Waals surface area contributed by atoms with E-state index in [1.165, 1.54) is 25.5 Å². The first-order chi connectivity index (χ1) is 8.94. The monoisotopic (exact) mass is 311 g/mol. The Morgan fingerprint density at radius 2 is 1.70 bits per heavy atom. The summed E-state index contributed by atoms with van der Waals surface area (Å²) in [5.74, 6) is -5.41. The van der Waals surface area contributed by atoms with Crippen LogP contribution in [0.25, 0.3) is 0 Å². The van der Waals surface area contributed by atoms with Crippen LogP contribution in [0.5, 0.6) is 0 Å². The molecule has 0 saturated heterocycles. The average molecular weight is 311 g/mol. The number of amides is 1. The average Bonchev–Trinajstić information content (AvgIpc) is 2.21. The molecular weight excluding hydrogens is 299 g/mol. The minimum absolute atomic E-state index is 0.433. The van der Waals surface area contributed by atoms with Crippen molar-refractivity contribution in [1.29, 1.82) is 0 Å². The van der Waals surface area contributed by atoms with Crippen molar-refractivity contribution in [2.24, 2.45) is 0 Å². The van der Waals surface area contributed by atoms with E-state index >= 15 is 0 Å². The van der Waals surface area contributed by atoms with Crippen LogP contribution < -0.4 is 4.72 Å². The Bertz CT molecular complexity index is 638. The highest BCUT2D eigenvalue weighted by molar-refractivity contribution is 7.90. The standard InChI is InChI=1S/C11H12F3NO4S/c1-11(2,3)19-10(16)15-20(17,18)7-5-4-6(12)8(13)9(7)14/h4-5H,1-3H3,(H,15,16). The zero-order chi connectivity index (χ0) is 15.7. The van der Waals surface area contributed by atoms with Gasteiger partial charge in [0.05, 0.1) is 0 Å². The number of benzene rings is 1. The second-order valence-corrected chi connectivity index (χ2v) is 6.43. The Labute approximate surface area is 113 Å². The fraction of sp³-hybridized carbons (Fsp3) is 0.364. The molecule has 0 fully saturated rings. The van der Waals surface area contributed by atoms with Crippen molar-refractivity contribution < 1.29 is 31.1 Å². The Morgan fingerprint density at radius 1 is 1.15 bits per heavy atom. The maximum atomic E-state index is 13.4. The smallest absolute Gasteiger partial charge is 0.421 e. The van der Waals surface area contributed by atoms with Gasteiger partial charge in [0, 0.05) is 0 Å². The first-order valence-electron chi connectivity index (χ1n) is 5.33. The highest BCUT2D eigenvalue weighted by atomic mass is 32.2. The summed E-state index contributed by atoms with van der Waals surface area (Å²) in [5, 5.41) is 0. The molecule has 0 aliphatic rings. The third-order valence-corrected chi connectivity index (χ3v) is 3.24. The molecule has 0 aliphatic heterocycles. The predicted molar refractivity (Wildman–Crippen MR) is 62.9 cm³/mol. The van der Waals surface area contributed by atoms with Crippen LogP contribution in [-0.2, 0) is 14.8 Å². The van der Waals surface area contributed by atoms with E-state index in [9.17, 15) is 26.4 Å². The highest BCUT2D eigenvalue weighted by Gasteiger charge is 2.27. The van der Waals surface area contributed by atoms with Gasteiger partial charge in [-0.1, -0.05) is 0 Å². The van der Waals surface area contributed by atoms with Crippen LogP contribution in [-0.4, -0.2) is 20.1 Å². The second kappa shape index (κ2) is 5.31. The van der Waals surface area contributed by atoms with Crippen molar-refractivity contribution in [1.82, 2.24) is 4.72 Å². The SMILES string of the molecule is CC(C)(C)OC(=O)NS(=O)(=O)c1ccc(F)c(F)c1F. The van der Waals surface area contributed by atoms with Crippen molar-refractivity contribution in [3.63, 3.8) is 0 Å². The van der Waals surface area contributed by atoms with Gasteiger partial charge in [-0.2, -0.15) is 0 Å². The van der Waals surface area contributed by atoms with Gasteiger partial charge in [-0.3, -0.25) is 0 Å². The van der Waals surface area contributed by atoms with Crippen LogP contribution in [0.4, 0.5) is 18.0 Å². The fourth-order valence-electron chi connectivity index (χ4n) is 1.18. The normalized spacial score (nSPS) is 12.1. The summed E-state index contributed by atoms with van der Waals surface area (Å²) in [6.07, 6.45) is -1.36. The van der Waals surface area contributed by atoms with Crippen LogP contribution in [0.3, 0.4) is 0 Å². The van der Waals surface area contributed by atoms with Crippen molar-refractivity contribution in [2.75, 3.05) is 0 Å². The summed E-state index contributed by atoms with van der Waals surface area (Å²) in [7, 11) is -4.71. The minimum Gasteiger partial charge on any atom is -0.443 e. The molecule has 0 saturated carbocycles. The minimum atomic E-state index is -4.71. The summed E-state index contributed by atoms with van der Waals surface area (Å²) in [4.78, 5) is 10.1. The molecule has 0 atom stereocenters. The number of hydrogen-bond donors (Lipinski definition) is 1. The fourth-order valence-corrected chi connectivity index (χ4v) is 2.12. The number of rotatable bonds is 2. The molecule has 0 heterocycles. The zero-order valence-corrected chi connectivity index (χ0v) is 11.6. The molecular formula is C11H12F3NO4S. The van der Waals surface area contributed by atoms with Gasteiger partial charge in [-0.25, -0.2) is 31.1 Å². The number of sulfonamides is 1. The van der Waals surface area contributed by atoms with Crippen LogP contribution in [0.15, 0.2) is 17.0 Å². The van der Waals surface area contributed by atoms with Crippen LogP contribution >= 0.6 is 0 Å². The summed E-state index contributed by atoms with van der Waals surface area (Å²) in [6, 6.07) is 0.933. The van der Waals surface area contributed by atoms with E-state index in [0.717, 1.165) is 0 Å². The Hall–Kier alpha value is -1.77. The van der Waals surface area contributed by atoms with Crippen molar-refractivity contribution in [2.45, 2.75) is 31.3 Å². The lowest BCUT2D eigenvalue weighted by Crippen LogP contribution is -2.36. The first-order valence-corrected chi connectivity index (χ1v) is 6.81. The molecule has 0 aliphatic carbocycles. The number of hydrogen-bond acceptors (Lipinski definition) is 4.